The Labute approximate surface area is 52.8 Å². The summed E-state index contributed by atoms with van der Waals surface area (Å²) in [4.78, 5) is 13.9. The number of hydrogen-bond acceptors (Lipinski definition) is 3. The molecule has 4 nitrogen and oxygen atoms in total. The molecular weight excluding hydrogens is 122 g/mol. The Hall–Kier alpha value is -0.770. The van der Waals surface area contributed by atoms with Gasteiger partial charge in [0.15, 0.2) is 0 Å². The molecule has 1 saturated carbocycles. The Bertz CT molecular complexity index is 111. The fraction of sp³-hybridized carbons (Fsp3) is 0.800. The maximum Gasteiger partial charge on any atom is 0.525 e. The summed E-state index contributed by atoms with van der Waals surface area (Å²) < 4.78 is 0. The first-order chi connectivity index (χ1) is 4.29. The second-order valence-corrected chi connectivity index (χ2v) is 2.11. The molecule has 0 aromatic carbocycles. The van der Waals surface area contributed by atoms with E-state index in [2.05, 4.69) is 10.3 Å². The van der Waals surface area contributed by atoms with Gasteiger partial charge in [-0.25, -0.2) is 4.79 Å². The predicted molar refractivity (Wildman–Crippen MR) is 29.9 cm³/mol. The molecule has 0 radical (unpaired) electrons. The van der Waals surface area contributed by atoms with Crippen molar-refractivity contribution in [2.75, 3.05) is 0 Å². The van der Waals surface area contributed by atoms with Crippen LogP contribution in [0.2, 0.25) is 0 Å². The number of nitrogens with one attached hydrogen (secondary N) is 1. The third-order valence-corrected chi connectivity index (χ3v) is 1.42. The third kappa shape index (κ3) is 1.89. The minimum atomic E-state index is -1.26. The minimum absolute atomic E-state index is 0.265. The fourth-order valence-electron chi connectivity index (χ4n) is 0.660. The summed E-state index contributed by atoms with van der Waals surface area (Å²) in [6.07, 6.45) is 1.95. The van der Waals surface area contributed by atoms with Crippen molar-refractivity contribution in [2.24, 2.45) is 0 Å². The maximum absolute atomic E-state index is 9.76. The molecule has 0 heterocycles. The summed E-state index contributed by atoms with van der Waals surface area (Å²) in [5.41, 5.74) is 2.42. The highest BCUT2D eigenvalue weighted by Crippen LogP contribution is 2.17. The van der Waals surface area contributed by atoms with E-state index in [9.17, 15) is 4.79 Å². The number of hydrogen-bond donors (Lipinski definition) is 2. The van der Waals surface area contributed by atoms with Gasteiger partial charge in [-0.1, -0.05) is 6.42 Å². The van der Waals surface area contributed by atoms with E-state index < -0.39 is 6.16 Å². The summed E-state index contributed by atoms with van der Waals surface area (Å²) in [6, 6.07) is 0.265. The van der Waals surface area contributed by atoms with Crippen LogP contribution < -0.4 is 5.48 Å². The largest absolute Gasteiger partial charge is 0.525 e. The molecule has 1 fully saturated rings. The molecule has 2 N–H and O–H groups in total. The minimum Gasteiger partial charge on any atom is -0.448 e. The van der Waals surface area contributed by atoms with Crippen molar-refractivity contribution in [1.29, 1.82) is 0 Å². The van der Waals surface area contributed by atoms with Gasteiger partial charge in [0.25, 0.3) is 0 Å². The highest BCUT2D eigenvalue weighted by Gasteiger charge is 2.18. The monoisotopic (exact) mass is 131 g/mol. The van der Waals surface area contributed by atoms with E-state index in [1.165, 1.54) is 6.42 Å². The van der Waals surface area contributed by atoms with E-state index in [0.29, 0.717) is 0 Å². The summed E-state index contributed by atoms with van der Waals surface area (Å²) in [5, 5.41) is 8.00. The van der Waals surface area contributed by atoms with Gasteiger partial charge in [0.2, 0.25) is 0 Å². The average molecular weight is 131 g/mol. The van der Waals surface area contributed by atoms with E-state index in [1.807, 2.05) is 0 Å². The van der Waals surface area contributed by atoms with Crippen molar-refractivity contribution in [3.63, 3.8) is 0 Å². The van der Waals surface area contributed by atoms with Crippen LogP contribution in [-0.4, -0.2) is 17.3 Å². The average Bonchev–Trinajstić information content (AvgIpc) is 1.60. The van der Waals surface area contributed by atoms with Crippen LogP contribution >= 0.6 is 0 Å². The molecule has 0 amide bonds. The number of hydroxylamine groups is 1. The molecule has 1 rings (SSSR count). The van der Waals surface area contributed by atoms with Gasteiger partial charge in [0.1, 0.15) is 0 Å². The van der Waals surface area contributed by atoms with E-state index in [1.54, 1.807) is 0 Å². The topological polar surface area (TPSA) is 58.6 Å². The Balaban J connectivity index is 1.97. The number of carboxylic acid groups (broad SMARTS) is 1. The van der Waals surface area contributed by atoms with Gasteiger partial charge >= 0.3 is 6.16 Å². The van der Waals surface area contributed by atoms with E-state index >= 15 is 0 Å². The molecule has 52 valence electrons. The van der Waals surface area contributed by atoms with Gasteiger partial charge < -0.3 is 9.94 Å². The van der Waals surface area contributed by atoms with Crippen LogP contribution in [0.25, 0.3) is 0 Å². The zero-order valence-corrected chi connectivity index (χ0v) is 4.96. The first-order valence-electron chi connectivity index (χ1n) is 2.94. The van der Waals surface area contributed by atoms with Crippen molar-refractivity contribution >= 4 is 6.16 Å². The lowest BCUT2D eigenvalue weighted by atomic mass is 9.94. The van der Waals surface area contributed by atoms with Gasteiger partial charge in [-0.15, -0.1) is 5.48 Å². The molecular formula is C5H9NO3. The zero-order valence-electron chi connectivity index (χ0n) is 4.96. The van der Waals surface area contributed by atoms with Crippen LogP contribution in [0, 0.1) is 0 Å². The summed E-state index contributed by atoms with van der Waals surface area (Å²) in [5.74, 6) is 0. The second-order valence-electron chi connectivity index (χ2n) is 2.11. The zero-order chi connectivity index (χ0) is 6.69. The Morgan fingerprint density at radius 2 is 2.33 bits per heavy atom. The molecule has 0 aliphatic heterocycles. The fourth-order valence-corrected chi connectivity index (χ4v) is 0.660. The smallest absolute Gasteiger partial charge is 0.448 e. The number of rotatable bonds is 2. The Morgan fingerprint density at radius 3 is 2.67 bits per heavy atom. The quantitative estimate of drug-likeness (QED) is 0.542. The Morgan fingerprint density at radius 1 is 1.67 bits per heavy atom. The molecule has 1 aliphatic rings. The van der Waals surface area contributed by atoms with Gasteiger partial charge in [-0.3, -0.25) is 0 Å². The molecule has 0 spiro atoms. The molecule has 0 aromatic rings. The van der Waals surface area contributed by atoms with Crippen molar-refractivity contribution in [3.8, 4) is 0 Å². The van der Waals surface area contributed by atoms with E-state index in [0.717, 1.165) is 12.8 Å². The van der Waals surface area contributed by atoms with Gasteiger partial charge in [-0.05, 0) is 12.8 Å². The molecule has 9 heavy (non-hydrogen) atoms. The first-order valence-corrected chi connectivity index (χ1v) is 2.94. The van der Waals surface area contributed by atoms with Crippen LogP contribution in [0.4, 0.5) is 4.79 Å². The third-order valence-electron chi connectivity index (χ3n) is 1.42. The standard InChI is InChI=1S/C5H9NO3/c7-5(8)9-6-4-2-1-3-4/h4,6H,1-3H2,(H,7,8). The van der Waals surface area contributed by atoms with Crippen LogP contribution in [0.15, 0.2) is 0 Å². The van der Waals surface area contributed by atoms with Crippen molar-refractivity contribution in [3.05, 3.63) is 0 Å². The first kappa shape index (κ1) is 6.35. The Kier molecular flexibility index (Phi) is 1.89. The maximum atomic E-state index is 9.76. The number of carbonyl (C=O) groups is 1. The molecule has 0 atom stereocenters. The van der Waals surface area contributed by atoms with Crippen LogP contribution in [0.5, 0.6) is 0 Å². The van der Waals surface area contributed by atoms with Crippen molar-refractivity contribution < 1.29 is 14.7 Å². The molecule has 0 aromatic heterocycles. The SMILES string of the molecule is O=C(O)ONC1CCC1. The highest BCUT2D eigenvalue weighted by molar-refractivity contribution is 5.56. The molecule has 0 saturated heterocycles. The lowest BCUT2D eigenvalue weighted by Crippen LogP contribution is -2.36. The van der Waals surface area contributed by atoms with Crippen molar-refractivity contribution in [2.45, 2.75) is 25.3 Å². The molecule has 4 heteroatoms. The summed E-state index contributed by atoms with van der Waals surface area (Å²) in [7, 11) is 0. The van der Waals surface area contributed by atoms with Gasteiger partial charge in [-0.2, -0.15) is 0 Å². The molecule has 1 aliphatic carbocycles. The highest BCUT2D eigenvalue weighted by atomic mass is 16.8. The normalized spacial score (nSPS) is 18.7. The summed E-state index contributed by atoms with van der Waals surface area (Å²) >= 11 is 0. The van der Waals surface area contributed by atoms with Crippen molar-refractivity contribution in [1.82, 2.24) is 5.48 Å². The van der Waals surface area contributed by atoms with E-state index in [-0.39, 0.29) is 6.04 Å². The van der Waals surface area contributed by atoms with Gasteiger partial charge in [0.05, 0.1) is 0 Å². The molecule has 0 bridgehead atoms. The van der Waals surface area contributed by atoms with Crippen LogP contribution in [0.1, 0.15) is 19.3 Å². The molecule has 0 unspecified atom stereocenters. The lowest BCUT2D eigenvalue weighted by Gasteiger charge is -2.24. The van der Waals surface area contributed by atoms with Crippen LogP contribution in [-0.2, 0) is 4.84 Å². The van der Waals surface area contributed by atoms with Gasteiger partial charge in [0, 0.05) is 6.04 Å². The van der Waals surface area contributed by atoms with E-state index in [4.69, 9.17) is 5.11 Å². The predicted octanol–water partition coefficient (Wildman–Crippen LogP) is 0.738. The second kappa shape index (κ2) is 2.68. The van der Waals surface area contributed by atoms with Crippen LogP contribution in [0.3, 0.4) is 0 Å². The lowest BCUT2D eigenvalue weighted by molar-refractivity contribution is 0.0132. The summed E-state index contributed by atoms with van der Waals surface area (Å²) in [6.45, 7) is 0.